The maximum absolute atomic E-state index is 6.14. The summed E-state index contributed by atoms with van der Waals surface area (Å²) < 4.78 is 5.67. The predicted octanol–water partition coefficient (Wildman–Crippen LogP) is 1.52. The molecule has 1 aliphatic rings. The van der Waals surface area contributed by atoms with Crippen LogP contribution in [0.3, 0.4) is 0 Å². The van der Waals surface area contributed by atoms with Gasteiger partial charge in [0.15, 0.2) is 0 Å². The van der Waals surface area contributed by atoms with Gasteiger partial charge in [-0.2, -0.15) is 0 Å². The molecule has 82 valence electrons. The molecule has 0 spiro atoms. The Kier molecular flexibility index (Phi) is 3.69. The van der Waals surface area contributed by atoms with Gasteiger partial charge < -0.3 is 10.5 Å². The monoisotopic (exact) mass is 206 g/mol. The molecule has 1 saturated heterocycles. The van der Waals surface area contributed by atoms with Crippen LogP contribution < -0.4 is 5.73 Å². The molecular formula is C12H18N2O. The van der Waals surface area contributed by atoms with E-state index in [0.29, 0.717) is 0 Å². The summed E-state index contributed by atoms with van der Waals surface area (Å²) in [7, 11) is 0. The van der Waals surface area contributed by atoms with Gasteiger partial charge in [-0.05, 0) is 43.4 Å². The highest BCUT2D eigenvalue weighted by Gasteiger charge is 2.21. The number of aromatic nitrogens is 1. The Morgan fingerprint density at radius 1 is 1.40 bits per heavy atom. The topological polar surface area (TPSA) is 48.1 Å². The normalized spacial score (nSPS) is 23.7. The first-order valence-corrected chi connectivity index (χ1v) is 5.62. The van der Waals surface area contributed by atoms with Crippen LogP contribution in [0.2, 0.25) is 0 Å². The van der Waals surface area contributed by atoms with Gasteiger partial charge in [0.25, 0.3) is 0 Å². The van der Waals surface area contributed by atoms with E-state index in [1.807, 2.05) is 24.5 Å². The lowest BCUT2D eigenvalue weighted by Crippen LogP contribution is -2.40. The highest BCUT2D eigenvalue weighted by molar-refractivity contribution is 5.11. The first-order valence-electron chi connectivity index (χ1n) is 5.62. The highest BCUT2D eigenvalue weighted by Crippen LogP contribution is 2.17. The fourth-order valence-corrected chi connectivity index (χ4v) is 2.03. The summed E-state index contributed by atoms with van der Waals surface area (Å²) in [5, 5.41) is 0. The molecule has 1 aliphatic heterocycles. The molecule has 0 saturated carbocycles. The molecule has 0 aliphatic carbocycles. The molecule has 1 fully saturated rings. The number of rotatable bonds is 3. The Hall–Kier alpha value is -0.930. The first kappa shape index (κ1) is 10.6. The molecule has 2 atom stereocenters. The van der Waals surface area contributed by atoms with Crippen molar-refractivity contribution < 1.29 is 4.74 Å². The SMILES string of the molecule is NC(Cc1ccncc1)C1CCCCO1. The molecule has 0 aromatic carbocycles. The average Bonchev–Trinajstić information content (AvgIpc) is 2.31. The number of nitrogens with zero attached hydrogens (tertiary/aromatic N) is 1. The van der Waals surface area contributed by atoms with Gasteiger partial charge in [0, 0.05) is 25.0 Å². The van der Waals surface area contributed by atoms with E-state index >= 15 is 0 Å². The van der Waals surface area contributed by atoms with Crippen molar-refractivity contribution in [1.82, 2.24) is 4.98 Å². The van der Waals surface area contributed by atoms with Crippen LogP contribution in [0.15, 0.2) is 24.5 Å². The fourth-order valence-electron chi connectivity index (χ4n) is 2.03. The van der Waals surface area contributed by atoms with Gasteiger partial charge in [0.1, 0.15) is 0 Å². The molecule has 0 amide bonds. The zero-order chi connectivity index (χ0) is 10.5. The Labute approximate surface area is 90.7 Å². The lowest BCUT2D eigenvalue weighted by Gasteiger charge is -2.27. The number of hydrogen-bond acceptors (Lipinski definition) is 3. The van der Waals surface area contributed by atoms with Gasteiger partial charge in [-0.25, -0.2) is 0 Å². The number of pyridine rings is 1. The Balaban J connectivity index is 1.88. The highest BCUT2D eigenvalue weighted by atomic mass is 16.5. The molecule has 2 unspecified atom stereocenters. The van der Waals surface area contributed by atoms with Crippen molar-refractivity contribution in [3.63, 3.8) is 0 Å². The van der Waals surface area contributed by atoms with Crippen LogP contribution in [-0.2, 0) is 11.2 Å². The lowest BCUT2D eigenvalue weighted by atomic mass is 9.97. The predicted molar refractivity (Wildman–Crippen MR) is 59.5 cm³/mol. The summed E-state index contributed by atoms with van der Waals surface area (Å²) in [6.45, 7) is 0.870. The van der Waals surface area contributed by atoms with Crippen molar-refractivity contribution in [3.8, 4) is 0 Å². The molecule has 2 N–H and O–H groups in total. The molecule has 1 aromatic rings. The van der Waals surface area contributed by atoms with E-state index in [4.69, 9.17) is 10.5 Å². The second-order valence-electron chi connectivity index (χ2n) is 4.13. The second-order valence-corrected chi connectivity index (χ2v) is 4.13. The molecule has 3 heteroatoms. The van der Waals surface area contributed by atoms with Gasteiger partial charge in [-0.3, -0.25) is 4.98 Å². The molecule has 0 radical (unpaired) electrons. The van der Waals surface area contributed by atoms with Crippen LogP contribution in [0, 0.1) is 0 Å². The molecule has 3 nitrogen and oxygen atoms in total. The summed E-state index contributed by atoms with van der Waals surface area (Å²) in [5.41, 5.74) is 7.38. The minimum Gasteiger partial charge on any atom is -0.377 e. The van der Waals surface area contributed by atoms with Crippen molar-refractivity contribution in [2.24, 2.45) is 5.73 Å². The van der Waals surface area contributed by atoms with Crippen LogP contribution in [0.5, 0.6) is 0 Å². The van der Waals surface area contributed by atoms with Crippen LogP contribution in [-0.4, -0.2) is 23.7 Å². The van der Waals surface area contributed by atoms with Crippen molar-refractivity contribution in [2.45, 2.75) is 37.8 Å². The summed E-state index contributed by atoms with van der Waals surface area (Å²) in [6.07, 6.45) is 8.27. The van der Waals surface area contributed by atoms with Gasteiger partial charge >= 0.3 is 0 Å². The third-order valence-corrected chi connectivity index (χ3v) is 2.91. The van der Waals surface area contributed by atoms with Gasteiger partial charge in [-0.15, -0.1) is 0 Å². The smallest absolute Gasteiger partial charge is 0.0729 e. The van der Waals surface area contributed by atoms with Crippen molar-refractivity contribution in [2.75, 3.05) is 6.61 Å². The minimum atomic E-state index is 0.118. The number of hydrogen-bond donors (Lipinski definition) is 1. The van der Waals surface area contributed by atoms with E-state index in [9.17, 15) is 0 Å². The van der Waals surface area contributed by atoms with E-state index in [0.717, 1.165) is 19.4 Å². The van der Waals surface area contributed by atoms with Gasteiger partial charge in [0.2, 0.25) is 0 Å². The van der Waals surface area contributed by atoms with E-state index in [1.165, 1.54) is 18.4 Å². The third kappa shape index (κ3) is 3.01. The zero-order valence-corrected chi connectivity index (χ0v) is 8.93. The molecule has 0 bridgehead atoms. The van der Waals surface area contributed by atoms with Crippen LogP contribution in [0.25, 0.3) is 0 Å². The maximum Gasteiger partial charge on any atom is 0.0729 e. The Morgan fingerprint density at radius 2 is 2.20 bits per heavy atom. The van der Waals surface area contributed by atoms with Crippen LogP contribution >= 0.6 is 0 Å². The fraction of sp³-hybridized carbons (Fsp3) is 0.583. The van der Waals surface area contributed by atoms with Gasteiger partial charge in [0.05, 0.1) is 6.10 Å². The molecule has 1 aromatic heterocycles. The molecular weight excluding hydrogens is 188 g/mol. The maximum atomic E-state index is 6.14. The molecule has 15 heavy (non-hydrogen) atoms. The van der Waals surface area contributed by atoms with Crippen LogP contribution in [0.4, 0.5) is 0 Å². The van der Waals surface area contributed by atoms with E-state index in [-0.39, 0.29) is 12.1 Å². The standard InChI is InChI=1S/C12H18N2O/c13-11(12-3-1-2-8-15-12)9-10-4-6-14-7-5-10/h4-7,11-12H,1-3,8-9,13H2. The molecule has 2 heterocycles. The first-order chi connectivity index (χ1) is 7.36. The van der Waals surface area contributed by atoms with Crippen molar-refractivity contribution >= 4 is 0 Å². The van der Waals surface area contributed by atoms with E-state index < -0.39 is 0 Å². The Morgan fingerprint density at radius 3 is 2.87 bits per heavy atom. The van der Waals surface area contributed by atoms with E-state index in [2.05, 4.69) is 4.98 Å². The minimum absolute atomic E-state index is 0.118. The number of nitrogens with two attached hydrogens (primary N) is 1. The van der Waals surface area contributed by atoms with Crippen molar-refractivity contribution in [3.05, 3.63) is 30.1 Å². The van der Waals surface area contributed by atoms with E-state index in [1.54, 1.807) is 0 Å². The number of ether oxygens (including phenoxy) is 1. The summed E-state index contributed by atoms with van der Waals surface area (Å²) in [4.78, 5) is 3.99. The Bertz CT molecular complexity index is 283. The van der Waals surface area contributed by atoms with Gasteiger partial charge in [-0.1, -0.05) is 0 Å². The zero-order valence-electron chi connectivity index (χ0n) is 8.93. The quantitative estimate of drug-likeness (QED) is 0.815. The third-order valence-electron chi connectivity index (χ3n) is 2.91. The average molecular weight is 206 g/mol. The second kappa shape index (κ2) is 5.24. The molecule has 2 rings (SSSR count). The summed E-state index contributed by atoms with van der Waals surface area (Å²) in [5.74, 6) is 0. The summed E-state index contributed by atoms with van der Waals surface area (Å²) >= 11 is 0. The van der Waals surface area contributed by atoms with Crippen LogP contribution in [0.1, 0.15) is 24.8 Å². The lowest BCUT2D eigenvalue weighted by molar-refractivity contribution is 0.000632. The largest absolute Gasteiger partial charge is 0.377 e. The van der Waals surface area contributed by atoms with Crippen molar-refractivity contribution in [1.29, 1.82) is 0 Å². The summed E-state index contributed by atoms with van der Waals surface area (Å²) in [6, 6.07) is 4.15.